The molecule has 2 aromatic rings. The molecule has 20 heavy (non-hydrogen) atoms. The van der Waals surface area contributed by atoms with Crippen LogP contribution in [0.1, 0.15) is 0 Å². The molecule has 10 heteroatoms. The lowest BCUT2D eigenvalue weighted by Gasteiger charge is -1.97. The van der Waals surface area contributed by atoms with Crippen molar-refractivity contribution in [1.29, 1.82) is 0 Å². The molecular weight excluding hydrogens is 369 g/mol. The zero-order chi connectivity index (χ0) is 15.6. The lowest BCUT2D eigenvalue weighted by Crippen LogP contribution is -2.21. The topological polar surface area (TPSA) is 84.6 Å². The number of para-hydroxylation sites is 1. The molecule has 0 aliphatic carbocycles. The Balaban J connectivity index is 0.000000221. The smallest absolute Gasteiger partial charge is 0.422 e. The Hall–Kier alpha value is -1.39. The second kappa shape index (κ2) is 5.94. The minimum absolute atomic E-state index is 0.339. The van der Waals surface area contributed by atoms with Gasteiger partial charge in [0.05, 0.1) is 0 Å². The van der Waals surface area contributed by atoms with Crippen LogP contribution in [0, 0.1) is 0 Å². The van der Waals surface area contributed by atoms with Crippen LogP contribution in [0.3, 0.4) is 0 Å². The molecule has 0 unspecified atom stereocenters. The summed E-state index contributed by atoms with van der Waals surface area (Å²) in [5, 5.41) is 0.920. The molecule has 0 saturated carbocycles. The molecule has 1 N–H and O–H groups in total. The molecule has 1 heterocycles. The highest BCUT2D eigenvalue weighted by Crippen LogP contribution is 2.20. The van der Waals surface area contributed by atoms with E-state index in [0.717, 1.165) is 5.39 Å². The molecule has 0 saturated heterocycles. The van der Waals surface area contributed by atoms with E-state index in [1.165, 1.54) is 0 Å². The van der Waals surface area contributed by atoms with Gasteiger partial charge < -0.3 is 4.42 Å². The molecule has 0 amide bonds. The van der Waals surface area contributed by atoms with Crippen LogP contribution in [0.25, 0.3) is 11.0 Å². The largest absolute Gasteiger partial charge is 0.522 e. The van der Waals surface area contributed by atoms with Gasteiger partial charge in [-0.2, -0.15) is 21.6 Å². The van der Waals surface area contributed by atoms with Crippen LogP contribution < -0.4 is 5.63 Å². The lowest BCUT2D eigenvalue weighted by molar-refractivity contribution is -0.0510. The second-order valence-corrected chi connectivity index (χ2v) is 5.61. The van der Waals surface area contributed by atoms with Gasteiger partial charge in [-0.25, -0.2) is 4.79 Å². The van der Waals surface area contributed by atoms with Crippen molar-refractivity contribution in [1.82, 2.24) is 0 Å². The molecule has 0 fully saturated rings. The van der Waals surface area contributed by atoms with E-state index < -0.39 is 15.6 Å². The average molecular weight is 375 g/mol. The highest BCUT2D eigenvalue weighted by molar-refractivity contribution is 9.10. The van der Waals surface area contributed by atoms with Crippen molar-refractivity contribution < 1.29 is 30.6 Å². The van der Waals surface area contributed by atoms with Gasteiger partial charge in [0.15, 0.2) is 0 Å². The van der Waals surface area contributed by atoms with E-state index in [0.29, 0.717) is 10.1 Å². The maximum Gasteiger partial charge on any atom is 0.522 e. The first kappa shape index (κ1) is 16.7. The third-order valence-electron chi connectivity index (χ3n) is 1.89. The average Bonchev–Trinajstić information content (AvgIpc) is 2.29. The Morgan fingerprint density at radius 2 is 1.70 bits per heavy atom. The molecule has 0 bridgehead atoms. The Bertz CT molecular complexity index is 766. The van der Waals surface area contributed by atoms with E-state index in [-0.39, 0.29) is 5.63 Å². The van der Waals surface area contributed by atoms with Crippen molar-refractivity contribution in [2.75, 3.05) is 0 Å². The fourth-order valence-electron chi connectivity index (χ4n) is 1.04. The van der Waals surface area contributed by atoms with Crippen molar-refractivity contribution in [3.63, 3.8) is 0 Å². The fraction of sp³-hybridized carbons (Fsp3) is 0.100. The minimum Gasteiger partial charge on any atom is -0.422 e. The van der Waals surface area contributed by atoms with Crippen LogP contribution in [0.2, 0.25) is 0 Å². The van der Waals surface area contributed by atoms with Crippen molar-refractivity contribution in [2.45, 2.75) is 5.51 Å². The third-order valence-corrected chi connectivity index (χ3v) is 3.03. The molecule has 110 valence electrons. The monoisotopic (exact) mass is 374 g/mol. The Kier molecular flexibility index (Phi) is 4.95. The van der Waals surface area contributed by atoms with Crippen molar-refractivity contribution in [3.05, 3.63) is 45.2 Å². The molecule has 5 nitrogen and oxygen atoms in total. The zero-order valence-electron chi connectivity index (χ0n) is 9.39. The lowest BCUT2D eigenvalue weighted by atomic mass is 10.2. The van der Waals surface area contributed by atoms with E-state index in [1.807, 2.05) is 18.2 Å². The number of hydrogen-bond acceptors (Lipinski definition) is 4. The summed E-state index contributed by atoms with van der Waals surface area (Å²) >= 11 is 3.11. The number of fused-ring (bicyclic) bond motifs is 1. The summed E-state index contributed by atoms with van der Waals surface area (Å²) in [7, 11) is -5.84. The maximum absolute atomic E-state index is 11.0. The zero-order valence-corrected chi connectivity index (χ0v) is 11.8. The number of rotatable bonds is 0. The van der Waals surface area contributed by atoms with Crippen LogP contribution in [0.15, 0.2) is 44.0 Å². The van der Waals surface area contributed by atoms with Gasteiger partial charge in [-0.1, -0.05) is 18.2 Å². The Morgan fingerprint density at radius 1 is 1.20 bits per heavy atom. The van der Waals surface area contributed by atoms with Gasteiger partial charge in [-0.15, -0.1) is 0 Å². The van der Waals surface area contributed by atoms with Gasteiger partial charge in [-0.05, 0) is 28.1 Å². The Labute approximate surface area is 118 Å². The molecule has 0 spiro atoms. The minimum atomic E-state index is -5.84. The molecule has 0 radical (unpaired) electrons. The number of hydrogen-bond donors (Lipinski definition) is 1. The van der Waals surface area contributed by atoms with Gasteiger partial charge in [-0.3, -0.25) is 4.55 Å². The maximum atomic E-state index is 11.0. The SMILES string of the molecule is O=S(=O)(O)C(F)(F)F.O=c1oc2ccccc2cc1Br. The molecule has 2 rings (SSSR count). The molecule has 1 aromatic heterocycles. The first-order valence-corrected chi connectivity index (χ1v) is 6.98. The van der Waals surface area contributed by atoms with E-state index in [9.17, 15) is 18.0 Å². The summed E-state index contributed by atoms with van der Waals surface area (Å²) < 4.78 is 63.0. The van der Waals surface area contributed by atoms with Crippen LogP contribution in [-0.2, 0) is 10.1 Å². The summed E-state index contributed by atoms with van der Waals surface area (Å²) in [4.78, 5) is 11.0. The standard InChI is InChI=1S/C9H5BrO2.CHF3O3S/c10-7-5-6-3-1-2-4-8(6)12-9(7)11;2-1(3,4)8(5,6)7/h1-5H;(H,5,6,7). The van der Waals surface area contributed by atoms with Crippen molar-refractivity contribution in [3.8, 4) is 0 Å². The van der Waals surface area contributed by atoms with Crippen LogP contribution in [-0.4, -0.2) is 18.5 Å². The molecular formula is C10H6BrF3O5S. The number of alkyl halides is 3. The van der Waals surface area contributed by atoms with Crippen LogP contribution >= 0.6 is 15.9 Å². The first-order valence-electron chi connectivity index (χ1n) is 4.74. The van der Waals surface area contributed by atoms with E-state index >= 15 is 0 Å². The van der Waals surface area contributed by atoms with Gasteiger partial charge in [0, 0.05) is 5.39 Å². The van der Waals surface area contributed by atoms with Crippen LogP contribution in [0.5, 0.6) is 0 Å². The number of halogens is 4. The summed E-state index contributed by atoms with van der Waals surface area (Å²) in [5.41, 5.74) is -5.26. The van der Waals surface area contributed by atoms with Crippen molar-refractivity contribution in [2.24, 2.45) is 0 Å². The summed E-state index contributed by atoms with van der Waals surface area (Å²) in [6.45, 7) is 0. The molecule has 0 aliphatic rings. The van der Waals surface area contributed by atoms with E-state index in [2.05, 4.69) is 15.9 Å². The van der Waals surface area contributed by atoms with Crippen molar-refractivity contribution >= 4 is 37.0 Å². The summed E-state index contributed by atoms with van der Waals surface area (Å²) in [6.07, 6.45) is 0. The fourth-order valence-corrected chi connectivity index (χ4v) is 1.36. The molecule has 0 aliphatic heterocycles. The van der Waals surface area contributed by atoms with Gasteiger partial charge in [0.1, 0.15) is 10.1 Å². The van der Waals surface area contributed by atoms with Crippen LogP contribution in [0.4, 0.5) is 13.2 Å². The molecule has 0 atom stereocenters. The highest BCUT2D eigenvalue weighted by atomic mass is 79.9. The summed E-state index contributed by atoms with van der Waals surface area (Å²) in [5.74, 6) is 0. The van der Waals surface area contributed by atoms with E-state index in [4.69, 9.17) is 17.4 Å². The van der Waals surface area contributed by atoms with E-state index in [1.54, 1.807) is 12.1 Å². The predicted octanol–water partition coefficient (Wildman–Crippen LogP) is 2.95. The Morgan fingerprint density at radius 3 is 2.20 bits per heavy atom. The van der Waals surface area contributed by atoms with Gasteiger partial charge in [0.2, 0.25) is 0 Å². The number of benzene rings is 1. The normalized spacial score (nSPS) is 11.8. The van der Waals surface area contributed by atoms with Gasteiger partial charge >= 0.3 is 21.3 Å². The predicted molar refractivity (Wildman–Crippen MR) is 67.8 cm³/mol. The van der Waals surface area contributed by atoms with Gasteiger partial charge in [0.25, 0.3) is 0 Å². The summed E-state index contributed by atoms with van der Waals surface area (Å²) in [6, 6.07) is 9.14. The first-order chi connectivity index (χ1) is 9.02. The quantitative estimate of drug-likeness (QED) is 0.435. The highest BCUT2D eigenvalue weighted by Gasteiger charge is 2.44. The third kappa shape index (κ3) is 4.32. The second-order valence-electron chi connectivity index (χ2n) is 3.34. The molecule has 1 aromatic carbocycles.